The quantitative estimate of drug-likeness (QED) is 0.870. The van der Waals surface area contributed by atoms with Crippen LogP contribution in [-0.4, -0.2) is 34.9 Å². The van der Waals surface area contributed by atoms with E-state index < -0.39 is 0 Å². The zero-order chi connectivity index (χ0) is 12.3. The average molecular weight is 233 g/mol. The van der Waals surface area contributed by atoms with E-state index in [0.29, 0.717) is 11.7 Å². The van der Waals surface area contributed by atoms with E-state index in [1.807, 2.05) is 24.0 Å². The number of aromatic nitrogens is 1. The van der Waals surface area contributed by atoms with Crippen LogP contribution >= 0.6 is 0 Å². The normalized spacial score (nSPS) is 19.4. The fraction of sp³-hybridized carbons (Fsp3) is 0.538. The molecular formula is C13H19N3O. The van der Waals surface area contributed by atoms with Gasteiger partial charge < -0.3 is 10.2 Å². The Balaban J connectivity index is 2.15. The van der Waals surface area contributed by atoms with Gasteiger partial charge in [-0.25, -0.2) is 0 Å². The highest BCUT2D eigenvalue weighted by Gasteiger charge is 2.26. The topological polar surface area (TPSA) is 45.2 Å². The average Bonchev–Trinajstić information content (AvgIpc) is 2.75. The number of carbonyl (C=O) groups is 1. The molecule has 1 fully saturated rings. The SMILES string of the molecule is CCNc1ccnc(C(=O)N2CCCC2C)c1. The number of nitrogens with zero attached hydrogens (tertiary/aromatic N) is 2. The molecule has 92 valence electrons. The summed E-state index contributed by atoms with van der Waals surface area (Å²) in [5.74, 6) is 0.0507. The fourth-order valence-electron chi connectivity index (χ4n) is 2.24. The predicted octanol–water partition coefficient (Wildman–Crippen LogP) is 2.14. The smallest absolute Gasteiger partial charge is 0.272 e. The van der Waals surface area contributed by atoms with Crippen molar-refractivity contribution < 1.29 is 4.79 Å². The molecule has 1 unspecified atom stereocenters. The van der Waals surface area contributed by atoms with Gasteiger partial charge in [-0.2, -0.15) is 0 Å². The molecule has 4 nitrogen and oxygen atoms in total. The first-order chi connectivity index (χ1) is 8.22. The zero-order valence-corrected chi connectivity index (χ0v) is 10.4. The third kappa shape index (κ3) is 2.57. The lowest BCUT2D eigenvalue weighted by molar-refractivity contribution is 0.0741. The Morgan fingerprint density at radius 1 is 1.65 bits per heavy atom. The van der Waals surface area contributed by atoms with Gasteiger partial charge in [0.15, 0.2) is 0 Å². The molecule has 0 spiro atoms. The molecule has 2 rings (SSSR count). The summed E-state index contributed by atoms with van der Waals surface area (Å²) >= 11 is 0. The second-order valence-electron chi connectivity index (χ2n) is 4.45. The maximum atomic E-state index is 12.2. The van der Waals surface area contributed by atoms with Crippen molar-refractivity contribution in [2.75, 3.05) is 18.4 Å². The minimum Gasteiger partial charge on any atom is -0.385 e. The number of likely N-dealkylation sites (tertiary alicyclic amines) is 1. The minimum absolute atomic E-state index is 0.0507. The number of hydrogen-bond donors (Lipinski definition) is 1. The monoisotopic (exact) mass is 233 g/mol. The second kappa shape index (κ2) is 5.17. The van der Waals surface area contributed by atoms with E-state index in [2.05, 4.69) is 17.2 Å². The molecule has 1 N–H and O–H groups in total. The molecule has 0 saturated carbocycles. The fourth-order valence-corrected chi connectivity index (χ4v) is 2.24. The molecule has 4 heteroatoms. The maximum absolute atomic E-state index is 12.2. The van der Waals surface area contributed by atoms with Crippen molar-refractivity contribution >= 4 is 11.6 Å². The third-order valence-corrected chi connectivity index (χ3v) is 3.17. The van der Waals surface area contributed by atoms with Crippen LogP contribution in [0, 0.1) is 0 Å². The molecule has 1 aromatic rings. The van der Waals surface area contributed by atoms with Crippen LogP contribution in [0.3, 0.4) is 0 Å². The number of hydrogen-bond acceptors (Lipinski definition) is 3. The Kier molecular flexibility index (Phi) is 3.61. The number of anilines is 1. The summed E-state index contributed by atoms with van der Waals surface area (Å²) in [7, 11) is 0. The molecule has 0 radical (unpaired) electrons. The van der Waals surface area contributed by atoms with E-state index in [0.717, 1.165) is 31.6 Å². The molecule has 1 aliphatic heterocycles. The van der Waals surface area contributed by atoms with Gasteiger partial charge in [0.2, 0.25) is 0 Å². The summed E-state index contributed by atoms with van der Waals surface area (Å²) in [6.45, 7) is 5.83. The number of nitrogens with one attached hydrogen (secondary N) is 1. The molecule has 1 aliphatic rings. The molecule has 2 heterocycles. The van der Waals surface area contributed by atoms with Gasteiger partial charge in [-0.15, -0.1) is 0 Å². The lowest BCUT2D eigenvalue weighted by Crippen LogP contribution is -2.34. The van der Waals surface area contributed by atoms with E-state index in [-0.39, 0.29) is 5.91 Å². The van der Waals surface area contributed by atoms with Crippen molar-refractivity contribution in [1.82, 2.24) is 9.88 Å². The summed E-state index contributed by atoms with van der Waals surface area (Å²) in [5.41, 5.74) is 1.50. The molecule has 1 amide bonds. The number of carbonyl (C=O) groups excluding carboxylic acids is 1. The van der Waals surface area contributed by atoms with Gasteiger partial charge >= 0.3 is 0 Å². The second-order valence-corrected chi connectivity index (χ2v) is 4.45. The van der Waals surface area contributed by atoms with Crippen molar-refractivity contribution in [2.45, 2.75) is 32.7 Å². The van der Waals surface area contributed by atoms with E-state index in [1.165, 1.54) is 0 Å². The minimum atomic E-state index is 0.0507. The highest BCUT2D eigenvalue weighted by Crippen LogP contribution is 2.19. The van der Waals surface area contributed by atoms with Crippen LogP contribution in [0.1, 0.15) is 37.2 Å². The van der Waals surface area contributed by atoms with Crippen molar-refractivity contribution in [3.8, 4) is 0 Å². The first-order valence-corrected chi connectivity index (χ1v) is 6.23. The summed E-state index contributed by atoms with van der Waals surface area (Å²) < 4.78 is 0. The van der Waals surface area contributed by atoms with E-state index in [1.54, 1.807) is 6.20 Å². The van der Waals surface area contributed by atoms with Gasteiger partial charge in [-0.1, -0.05) is 0 Å². The van der Waals surface area contributed by atoms with Crippen LogP contribution in [-0.2, 0) is 0 Å². The largest absolute Gasteiger partial charge is 0.385 e. The van der Waals surface area contributed by atoms with Crippen molar-refractivity contribution in [1.29, 1.82) is 0 Å². The van der Waals surface area contributed by atoms with Gasteiger partial charge in [0.25, 0.3) is 5.91 Å². The van der Waals surface area contributed by atoms with Gasteiger partial charge in [0.1, 0.15) is 5.69 Å². The Hall–Kier alpha value is -1.58. The lowest BCUT2D eigenvalue weighted by atomic mass is 10.2. The molecular weight excluding hydrogens is 214 g/mol. The summed E-state index contributed by atoms with van der Waals surface area (Å²) in [6, 6.07) is 4.05. The Morgan fingerprint density at radius 3 is 3.12 bits per heavy atom. The number of rotatable bonds is 3. The van der Waals surface area contributed by atoms with Crippen molar-refractivity contribution in [2.24, 2.45) is 0 Å². The molecule has 1 aromatic heterocycles. The summed E-state index contributed by atoms with van der Waals surface area (Å²) in [6.07, 6.45) is 3.88. The van der Waals surface area contributed by atoms with Gasteiger partial charge in [-0.05, 0) is 38.8 Å². The summed E-state index contributed by atoms with van der Waals surface area (Å²) in [4.78, 5) is 18.3. The predicted molar refractivity (Wildman–Crippen MR) is 68.1 cm³/mol. The van der Waals surface area contributed by atoms with E-state index in [9.17, 15) is 4.79 Å². The van der Waals surface area contributed by atoms with Crippen molar-refractivity contribution in [3.05, 3.63) is 24.0 Å². The van der Waals surface area contributed by atoms with Crippen LogP contribution in [0.15, 0.2) is 18.3 Å². The van der Waals surface area contributed by atoms with Gasteiger partial charge in [0, 0.05) is 31.0 Å². The first-order valence-electron chi connectivity index (χ1n) is 6.23. The molecule has 17 heavy (non-hydrogen) atoms. The van der Waals surface area contributed by atoms with Crippen LogP contribution in [0.25, 0.3) is 0 Å². The van der Waals surface area contributed by atoms with Gasteiger partial charge in [-0.3, -0.25) is 9.78 Å². The van der Waals surface area contributed by atoms with Crippen LogP contribution in [0.5, 0.6) is 0 Å². The van der Waals surface area contributed by atoms with Gasteiger partial charge in [0.05, 0.1) is 0 Å². The lowest BCUT2D eigenvalue weighted by Gasteiger charge is -2.21. The molecule has 0 aromatic carbocycles. The molecule has 1 saturated heterocycles. The maximum Gasteiger partial charge on any atom is 0.272 e. The van der Waals surface area contributed by atoms with Crippen molar-refractivity contribution in [3.63, 3.8) is 0 Å². The number of pyridine rings is 1. The third-order valence-electron chi connectivity index (χ3n) is 3.17. The Morgan fingerprint density at radius 2 is 2.47 bits per heavy atom. The van der Waals surface area contributed by atoms with E-state index in [4.69, 9.17) is 0 Å². The molecule has 1 atom stereocenters. The summed E-state index contributed by atoms with van der Waals surface area (Å²) in [5, 5.41) is 3.19. The zero-order valence-electron chi connectivity index (χ0n) is 10.4. The highest BCUT2D eigenvalue weighted by atomic mass is 16.2. The standard InChI is InChI=1S/C13H19N3O/c1-3-14-11-6-7-15-12(9-11)13(17)16-8-4-5-10(16)2/h6-7,9-10H,3-5,8H2,1-2H3,(H,14,15). The van der Waals surface area contributed by atoms with Crippen LogP contribution in [0.2, 0.25) is 0 Å². The number of amides is 1. The van der Waals surface area contributed by atoms with Crippen LogP contribution in [0.4, 0.5) is 5.69 Å². The Bertz CT molecular complexity index is 405. The van der Waals surface area contributed by atoms with Crippen LogP contribution < -0.4 is 5.32 Å². The molecule has 0 aliphatic carbocycles. The Labute approximate surface area is 102 Å². The molecule has 0 bridgehead atoms. The highest BCUT2D eigenvalue weighted by molar-refractivity contribution is 5.93. The van der Waals surface area contributed by atoms with E-state index >= 15 is 0 Å². The first kappa shape index (κ1) is 11.9.